The minimum atomic E-state index is 0.547. The largest absolute Gasteiger partial charge is 0.370 e. The van der Waals surface area contributed by atoms with Gasteiger partial charge in [0.1, 0.15) is 0 Å². The van der Waals surface area contributed by atoms with Crippen LogP contribution in [0.4, 0.5) is 5.69 Å². The van der Waals surface area contributed by atoms with Crippen molar-refractivity contribution in [2.75, 3.05) is 18.0 Å². The molecule has 0 aliphatic rings. The summed E-state index contributed by atoms with van der Waals surface area (Å²) in [6, 6.07) is 16.5. The summed E-state index contributed by atoms with van der Waals surface area (Å²) in [6.45, 7) is 1.68. The van der Waals surface area contributed by atoms with Crippen LogP contribution in [0.1, 0.15) is 12.0 Å². The minimum absolute atomic E-state index is 0.547. The third-order valence-electron chi connectivity index (χ3n) is 3.03. The van der Waals surface area contributed by atoms with Gasteiger partial charge < -0.3 is 4.90 Å². The Balaban J connectivity index is 2.00. The molecule has 3 heteroatoms. The van der Waals surface area contributed by atoms with Gasteiger partial charge in [0.15, 0.2) is 0 Å². The molecular formula is C16H17N3. The van der Waals surface area contributed by atoms with Crippen LogP contribution in [0.2, 0.25) is 0 Å². The van der Waals surface area contributed by atoms with Gasteiger partial charge in [-0.2, -0.15) is 5.26 Å². The van der Waals surface area contributed by atoms with Crippen molar-refractivity contribution in [3.8, 4) is 6.07 Å². The van der Waals surface area contributed by atoms with Gasteiger partial charge in [0.25, 0.3) is 0 Å². The fourth-order valence-electron chi connectivity index (χ4n) is 2.01. The summed E-state index contributed by atoms with van der Waals surface area (Å²) in [6.07, 6.45) is 5.14. The van der Waals surface area contributed by atoms with Crippen LogP contribution in [-0.4, -0.2) is 18.1 Å². The Labute approximate surface area is 114 Å². The lowest BCUT2D eigenvalue weighted by atomic mass is 10.2. The maximum atomic E-state index is 8.76. The Bertz CT molecular complexity index is 517. The molecule has 0 saturated heterocycles. The zero-order chi connectivity index (χ0) is 13.3. The first-order chi connectivity index (χ1) is 9.40. The number of para-hydroxylation sites is 1. The van der Waals surface area contributed by atoms with Crippen LogP contribution in [0.25, 0.3) is 0 Å². The third-order valence-corrected chi connectivity index (χ3v) is 3.03. The van der Waals surface area contributed by atoms with E-state index < -0.39 is 0 Å². The van der Waals surface area contributed by atoms with E-state index in [9.17, 15) is 0 Å². The third kappa shape index (κ3) is 4.11. The average molecular weight is 251 g/mol. The molecule has 1 heterocycles. The lowest BCUT2D eigenvalue weighted by Crippen LogP contribution is -2.26. The molecule has 0 bridgehead atoms. The molecule has 0 fully saturated rings. The highest BCUT2D eigenvalue weighted by Crippen LogP contribution is 2.14. The van der Waals surface area contributed by atoms with Gasteiger partial charge in [-0.15, -0.1) is 0 Å². The standard InChI is InChI=1S/C16H17N3/c17-10-4-13-19(16-5-2-1-3-6-16)14-9-15-7-11-18-12-8-15/h1-3,5-8,11-12H,4,9,13-14H2. The zero-order valence-electron chi connectivity index (χ0n) is 10.9. The van der Waals surface area contributed by atoms with Gasteiger partial charge in [-0.3, -0.25) is 4.98 Å². The van der Waals surface area contributed by atoms with Crippen LogP contribution in [0.3, 0.4) is 0 Å². The summed E-state index contributed by atoms with van der Waals surface area (Å²) in [5.74, 6) is 0. The van der Waals surface area contributed by atoms with Gasteiger partial charge in [-0.05, 0) is 36.2 Å². The molecule has 19 heavy (non-hydrogen) atoms. The van der Waals surface area contributed by atoms with Crippen molar-refractivity contribution in [2.45, 2.75) is 12.8 Å². The maximum absolute atomic E-state index is 8.76. The Morgan fingerprint density at radius 1 is 1.00 bits per heavy atom. The summed E-state index contributed by atoms with van der Waals surface area (Å²) in [5, 5.41) is 8.76. The topological polar surface area (TPSA) is 39.9 Å². The molecule has 3 nitrogen and oxygen atoms in total. The Morgan fingerprint density at radius 3 is 2.42 bits per heavy atom. The number of nitrogens with zero attached hydrogens (tertiary/aromatic N) is 3. The van der Waals surface area contributed by atoms with Crippen molar-refractivity contribution in [3.63, 3.8) is 0 Å². The molecular weight excluding hydrogens is 234 g/mol. The first kappa shape index (κ1) is 13.1. The SMILES string of the molecule is N#CCCN(CCc1ccncc1)c1ccccc1. The van der Waals surface area contributed by atoms with E-state index in [4.69, 9.17) is 5.26 Å². The van der Waals surface area contributed by atoms with E-state index >= 15 is 0 Å². The number of rotatable bonds is 6. The van der Waals surface area contributed by atoms with Gasteiger partial charge in [0.2, 0.25) is 0 Å². The van der Waals surface area contributed by atoms with E-state index in [1.807, 2.05) is 42.7 Å². The van der Waals surface area contributed by atoms with Crippen LogP contribution in [0, 0.1) is 11.3 Å². The summed E-state index contributed by atoms with van der Waals surface area (Å²) in [5.41, 5.74) is 2.44. The molecule has 0 amide bonds. The fourth-order valence-corrected chi connectivity index (χ4v) is 2.01. The second kappa shape index (κ2) is 7.17. The van der Waals surface area contributed by atoms with Gasteiger partial charge in [0.05, 0.1) is 12.5 Å². The summed E-state index contributed by atoms with van der Waals surface area (Å²) < 4.78 is 0. The molecule has 0 aliphatic carbocycles. The normalized spacial score (nSPS) is 9.84. The number of hydrogen-bond donors (Lipinski definition) is 0. The van der Waals surface area contributed by atoms with Gasteiger partial charge in [0, 0.05) is 31.2 Å². The second-order valence-corrected chi connectivity index (χ2v) is 4.34. The Kier molecular flexibility index (Phi) is 4.95. The van der Waals surface area contributed by atoms with E-state index in [-0.39, 0.29) is 0 Å². The van der Waals surface area contributed by atoms with Crippen molar-refractivity contribution >= 4 is 5.69 Å². The van der Waals surface area contributed by atoms with Crippen molar-refractivity contribution in [1.82, 2.24) is 4.98 Å². The van der Waals surface area contributed by atoms with Crippen LogP contribution in [0.5, 0.6) is 0 Å². The first-order valence-corrected chi connectivity index (χ1v) is 6.46. The van der Waals surface area contributed by atoms with Gasteiger partial charge >= 0.3 is 0 Å². The number of anilines is 1. The van der Waals surface area contributed by atoms with Crippen LogP contribution in [0.15, 0.2) is 54.9 Å². The average Bonchev–Trinajstić information content (AvgIpc) is 2.49. The maximum Gasteiger partial charge on any atom is 0.0640 e. The molecule has 2 aromatic rings. The highest BCUT2D eigenvalue weighted by molar-refractivity contribution is 5.46. The van der Waals surface area contributed by atoms with Crippen LogP contribution < -0.4 is 4.90 Å². The van der Waals surface area contributed by atoms with E-state index in [1.54, 1.807) is 0 Å². The van der Waals surface area contributed by atoms with E-state index in [1.165, 1.54) is 11.3 Å². The minimum Gasteiger partial charge on any atom is -0.370 e. The van der Waals surface area contributed by atoms with Crippen molar-refractivity contribution in [2.24, 2.45) is 0 Å². The molecule has 2 rings (SSSR count). The predicted molar refractivity (Wildman–Crippen MR) is 76.8 cm³/mol. The van der Waals surface area contributed by atoms with Crippen molar-refractivity contribution < 1.29 is 0 Å². The predicted octanol–water partition coefficient (Wildman–Crippen LogP) is 3.04. The van der Waals surface area contributed by atoms with E-state index in [0.29, 0.717) is 6.42 Å². The molecule has 1 aromatic carbocycles. The van der Waals surface area contributed by atoms with Crippen molar-refractivity contribution in [3.05, 3.63) is 60.4 Å². The molecule has 0 atom stereocenters. The monoisotopic (exact) mass is 251 g/mol. The zero-order valence-corrected chi connectivity index (χ0v) is 10.9. The fraction of sp³-hybridized carbons (Fsp3) is 0.250. The second-order valence-electron chi connectivity index (χ2n) is 4.34. The molecule has 0 radical (unpaired) electrons. The summed E-state index contributed by atoms with van der Waals surface area (Å²) in [7, 11) is 0. The number of aromatic nitrogens is 1. The first-order valence-electron chi connectivity index (χ1n) is 6.46. The molecule has 0 saturated carbocycles. The summed E-state index contributed by atoms with van der Waals surface area (Å²) in [4.78, 5) is 6.28. The van der Waals surface area contributed by atoms with Gasteiger partial charge in [-0.25, -0.2) is 0 Å². The lowest BCUT2D eigenvalue weighted by Gasteiger charge is -2.23. The summed E-state index contributed by atoms with van der Waals surface area (Å²) >= 11 is 0. The van der Waals surface area contributed by atoms with Crippen LogP contribution >= 0.6 is 0 Å². The Hall–Kier alpha value is -2.34. The lowest BCUT2D eigenvalue weighted by molar-refractivity contribution is 0.781. The molecule has 96 valence electrons. The molecule has 0 unspecified atom stereocenters. The molecule has 0 spiro atoms. The smallest absolute Gasteiger partial charge is 0.0640 e. The molecule has 0 aliphatic heterocycles. The number of pyridine rings is 1. The quantitative estimate of drug-likeness (QED) is 0.792. The number of hydrogen-bond acceptors (Lipinski definition) is 3. The van der Waals surface area contributed by atoms with Crippen molar-refractivity contribution in [1.29, 1.82) is 5.26 Å². The van der Waals surface area contributed by atoms with E-state index in [2.05, 4.69) is 28.1 Å². The van der Waals surface area contributed by atoms with Gasteiger partial charge in [-0.1, -0.05) is 18.2 Å². The molecule has 0 N–H and O–H groups in total. The number of nitriles is 1. The highest BCUT2D eigenvalue weighted by Gasteiger charge is 2.05. The van der Waals surface area contributed by atoms with Crippen LogP contribution in [-0.2, 0) is 6.42 Å². The highest BCUT2D eigenvalue weighted by atomic mass is 15.1. The van der Waals surface area contributed by atoms with E-state index in [0.717, 1.165) is 19.5 Å². The number of benzene rings is 1. The molecule has 1 aromatic heterocycles. The Morgan fingerprint density at radius 2 is 1.74 bits per heavy atom.